The Hall–Kier alpha value is -0.180. The molecule has 2 nitrogen and oxygen atoms in total. The topological polar surface area (TPSA) is 24.4 Å². The third-order valence-electron chi connectivity index (χ3n) is 6.38. The van der Waals surface area contributed by atoms with E-state index in [9.17, 15) is 0 Å². The van der Waals surface area contributed by atoms with E-state index < -0.39 is 0 Å². The molecule has 0 amide bonds. The van der Waals surface area contributed by atoms with Crippen molar-refractivity contribution in [1.29, 1.82) is 0 Å². The number of amidine groups is 1. The normalized spacial score (nSPS) is 53.1. The van der Waals surface area contributed by atoms with Crippen molar-refractivity contribution in [2.45, 2.75) is 56.5 Å². The maximum absolute atomic E-state index is 5.10. The molecule has 1 heterocycles. The molecule has 1 N–H and O–H groups in total. The first-order valence-corrected chi connectivity index (χ1v) is 8.82. The van der Waals surface area contributed by atoms with Gasteiger partial charge in [-0.05, 0) is 55.8 Å². The van der Waals surface area contributed by atoms with E-state index in [4.69, 9.17) is 4.99 Å². The van der Waals surface area contributed by atoms with E-state index in [1.165, 1.54) is 49.4 Å². The molecule has 2 bridgehead atoms. The lowest BCUT2D eigenvalue weighted by Crippen LogP contribution is -2.40. The zero-order chi connectivity index (χ0) is 11.7. The molecule has 4 saturated carbocycles. The van der Waals surface area contributed by atoms with Crippen molar-refractivity contribution in [3.05, 3.63) is 0 Å². The third-order valence-corrected chi connectivity index (χ3v) is 7.56. The molecule has 0 radical (unpaired) electrons. The number of nitrogens with zero attached hydrogens (tertiary/aromatic N) is 1. The second-order valence-corrected chi connectivity index (χ2v) is 8.28. The largest absolute Gasteiger partial charge is 0.359 e. The molecule has 1 saturated heterocycles. The molecule has 1 spiro atoms. The van der Waals surface area contributed by atoms with Crippen molar-refractivity contribution >= 4 is 16.9 Å². The lowest BCUT2D eigenvalue weighted by Gasteiger charge is -2.21. The predicted octanol–water partition coefficient (Wildman–Crippen LogP) is 3.04. The van der Waals surface area contributed by atoms with Crippen molar-refractivity contribution < 1.29 is 0 Å². The van der Waals surface area contributed by atoms with Crippen molar-refractivity contribution in [2.75, 3.05) is 5.75 Å². The van der Waals surface area contributed by atoms with Crippen LogP contribution >= 0.6 is 11.8 Å². The zero-order valence-corrected chi connectivity index (χ0v) is 11.7. The Bertz CT molecular complexity index is 397. The van der Waals surface area contributed by atoms with Gasteiger partial charge in [-0.2, -0.15) is 0 Å². The lowest BCUT2D eigenvalue weighted by atomic mass is 10.0. The van der Waals surface area contributed by atoms with Crippen LogP contribution in [-0.2, 0) is 0 Å². The minimum atomic E-state index is 0.451. The Morgan fingerprint density at radius 2 is 1.83 bits per heavy atom. The summed E-state index contributed by atoms with van der Waals surface area (Å²) < 4.78 is 0. The number of nitrogens with one attached hydrogen (secondary N) is 1. The first kappa shape index (κ1) is 10.6. The maximum Gasteiger partial charge on any atom is 0.157 e. The molecule has 1 aliphatic heterocycles. The highest BCUT2D eigenvalue weighted by molar-refractivity contribution is 8.14. The summed E-state index contributed by atoms with van der Waals surface area (Å²) >= 11 is 2.01. The van der Waals surface area contributed by atoms with Gasteiger partial charge in [0.05, 0.1) is 6.04 Å². The van der Waals surface area contributed by atoms with Gasteiger partial charge in [0, 0.05) is 11.3 Å². The van der Waals surface area contributed by atoms with Gasteiger partial charge in [-0.25, -0.2) is 0 Å². The molecule has 4 atom stereocenters. The minimum absolute atomic E-state index is 0.451. The average Bonchev–Trinajstić information content (AvgIpc) is 2.91. The van der Waals surface area contributed by atoms with E-state index in [-0.39, 0.29) is 0 Å². The molecule has 5 rings (SSSR count). The van der Waals surface area contributed by atoms with Crippen molar-refractivity contribution in [1.82, 2.24) is 5.32 Å². The molecule has 4 unspecified atom stereocenters. The second-order valence-electron chi connectivity index (χ2n) is 7.31. The van der Waals surface area contributed by atoms with E-state index in [1.54, 1.807) is 6.42 Å². The Labute approximate surface area is 113 Å². The van der Waals surface area contributed by atoms with Crippen LogP contribution in [0.4, 0.5) is 0 Å². The summed E-state index contributed by atoms with van der Waals surface area (Å²) in [7, 11) is 0. The standard InChI is InChI=1S/C15H22N2S/c1-2-6-15(5-1)8-18-14(17-15)16-13-11-9-3-4-10(7-9)12(11)13/h9-13H,1-8H2,(H,16,17). The van der Waals surface area contributed by atoms with Gasteiger partial charge in [-0.1, -0.05) is 24.6 Å². The molecular formula is C15H22N2S. The fourth-order valence-electron chi connectivity index (χ4n) is 5.48. The van der Waals surface area contributed by atoms with Gasteiger partial charge in [-0.15, -0.1) is 0 Å². The number of hydrogen-bond donors (Lipinski definition) is 1. The Balaban J connectivity index is 1.32. The second kappa shape index (κ2) is 3.47. The third kappa shape index (κ3) is 1.35. The van der Waals surface area contributed by atoms with Crippen LogP contribution in [0.1, 0.15) is 44.9 Å². The van der Waals surface area contributed by atoms with Crippen LogP contribution in [-0.4, -0.2) is 22.5 Å². The predicted molar refractivity (Wildman–Crippen MR) is 75.8 cm³/mol. The number of fused-ring (bicyclic) bond motifs is 5. The summed E-state index contributed by atoms with van der Waals surface area (Å²) in [6.45, 7) is 0. The summed E-state index contributed by atoms with van der Waals surface area (Å²) in [6, 6.07) is 0.725. The highest BCUT2D eigenvalue weighted by Gasteiger charge is 2.65. The number of thioether (sulfide) groups is 1. The van der Waals surface area contributed by atoms with Crippen LogP contribution in [0, 0.1) is 23.7 Å². The Morgan fingerprint density at radius 3 is 2.56 bits per heavy atom. The van der Waals surface area contributed by atoms with Crippen LogP contribution in [0.25, 0.3) is 0 Å². The van der Waals surface area contributed by atoms with Crippen LogP contribution in [0.3, 0.4) is 0 Å². The smallest absolute Gasteiger partial charge is 0.157 e. The fraction of sp³-hybridized carbons (Fsp3) is 0.933. The van der Waals surface area contributed by atoms with Crippen LogP contribution in [0.15, 0.2) is 4.99 Å². The van der Waals surface area contributed by atoms with Gasteiger partial charge in [-0.3, -0.25) is 4.99 Å². The summed E-state index contributed by atoms with van der Waals surface area (Å²) in [5.74, 6) is 5.39. The average molecular weight is 262 g/mol. The van der Waals surface area contributed by atoms with Crippen LogP contribution in [0.2, 0.25) is 0 Å². The van der Waals surface area contributed by atoms with E-state index in [0.717, 1.165) is 29.7 Å². The van der Waals surface area contributed by atoms with Gasteiger partial charge < -0.3 is 5.32 Å². The highest BCUT2D eigenvalue weighted by atomic mass is 32.2. The molecule has 5 fully saturated rings. The summed E-state index contributed by atoms with van der Waals surface area (Å²) in [5.41, 5.74) is 0.451. The number of aliphatic imine (C=N–C) groups is 1. The Kier molecular flexibility index (Phi) is 2.04. The first-order valence-electron chi connectivity index (χ1n) is 7.83. The van der Waals surface area contributed by atoms with Gasteiger partial charge in [0.15, 0.2) is 5.17 Å². The Morgan fingerprint density at radius 1 is 1.11 bits per heavy atom. The summed E-state index contributed by atoms with van der Waals surface area (Å²) in [5, 5.41) is 5.09. The van der Waals surface area contributed by atoms with Gasteiger partial charge in [0.25, 0.3) is 0 Å². The zero-order valence-electron chi connectivity index (χ0n) is 10.9. The van der Waals surface area contributed by atoms with Gasteiger partial charge in [0.2, 0.25) is 0 Å². The molecule has 0 aromatic carbocycles. The number of hydrogen-bond acceptors (Lipinski definition) is 2. The van der Waals surface area contributed by atoms with E-state index >= 15 is 0 Å². The van der Waals surface area contributed by atoms with Crippen LogP contribution < -0.4 is 5.32 Å². The fourth-order valence-corrected chi connectivity index (χ4v) is 6.74. The summed E-state index contributed by atoms with van der Waals surface area (Å²) in [4.78, 5) is 5.10. The highest BCUT2D eigenvalue weighted by Crippen LogP contribution is 2.67. The van der Waals surface area contributed by atoms with Crippen molar-refractivity contribution in [3.63, 3.8) is 0 Å². The van der Waals surface area contributed by atoms with E-state index in [0.29, 0.717) is 5.54 Å². The molecule has 4 aliphatic carbocycles. The molecule has 0 aromatic heterocycles. The first-order chi connectivity index (χ1) is 8.85. The summed E-state index contributed by atoms with van der Waals surface area (Å²) in [6.07, 6.45) is 10.2. The van der Waals surface area contributed by atoms with Crippen molar-refractivity contribution in [2.24, 2.45) is 28.7 Å². The maximum atomic E-state index is 5.10. The molecule has 98 valence electrons. The number of rotatable bonds is 1. The van der Waals surface area contributed by atoms with Crippen molar-refractivity contribution in [3.8, 4) is 0 Å². The van der Waals surface area contributed by atoms with Gasteiger partial charge in [0.1, 0.15) is 0 Å². The molecule has 0 aromatic rings. The van der Waals surface area contributed by atoms with Crippen LogP contribution in [0.5, 0.6) is 0 Å². The minimum Gasteiger partial charge on any atom is -0.359 e. The quantitative estimate of drug-likeness (QED) is 0.785. The lowest BCUT2D eigenvalue weighted by molar-refractivity contribution is 0.451. The molecule has 3 heteroatoms. The van der Waals surface area contributed by atoms with E-state index in [1.807, 2.05) is 11.8 Å². The van der Waals surface area contributed by atoms with E-state index in [2.05, 4.69) is 5.32 Å². The molecular weight excluding hydrogens is 240 g/mol. The molecule has 5 aliphatic rings. The van der Waals surface area contributed by atoms with Gasteiger partial charge >= 0.3 is 0 Å². The molecule has 18 heavy (non-hydrogen) atoms. The monoisotopic (exact) mass is 262 g/mol. The SMILES string of the molecule is C1CCC2(C1)CSC(=NC1C3C4CCC(C4)C13)N2.